The topological polar surface area (TPSA) is 21.3 Å². The molecule has 1 aromatic carbocycles. The molecule has 5 heteroatoms. The van der Waals surface area contributed by atoms with E-state index in [0.29, 0.717) is 16.7 Å². The van der Waals surface area contributed by atoms with E-state index >= 15 is 0 Å². The Hall–Kier alpha value is -0.810. The summed E-state index contributed by atoms with van der Waals surface area (Å²) in [6.07, 6.45) is 1.93. The van der Waals surface area contributed by atoms with Crippen LogP contribution in [0.3, 0.4) is 0 Å². The molecule has 0 spiro atoms. The van der Waals surface area contributed by atoms with Gasteiger partial charge in [-0.3, -0.25) is 0 Å². The van der Waals surface area contributed by atoms with Crippen LogP contribution in [-0.4, -0.2) is 26.0 Å². The molecule has 1 rings (SSSR count). The van der Waals surface area contributed by atoms with E-state index in [0.717, 1.165) is 31.7 Å². The Balaban J connectivity index is 2.40. The Morgan fingerprint density at radius 2 is 2.06 bits per heavy atom. The van der Waals surface area contributed by atoms with Crippen molar-refractivity contribution in [2.45, 2.75) is 23.5 Å². The number of unbranched alkanes of at least 4 members (excludes halogenated alkanes) is 1. The van der Waals surface area contributed by atoms with Crippen molar-refractivity contribution >= 4 is 17.4 Å². The Labute approximate surface area is 105 Å². The van der Waals surface area contributed by atoms with Crippen LogP contribution in [0.2, 0.25) is 0 Å². The molecule has 0 aromatic heterocycles. The van der Waals surface area contributed by atoms with Crippen molar-refractivity contribution in [1.82, 2.24) is 0 Å². The lowest BCUT2D eigenvalue weighted by Crippen LogP contribution is -2.04. The van der Waals surface area contributed by atoms with Crippen molar-refractivity contribution in [3.8, 4) is 0 Å². The fourth-order valence-electron chi connectivity index (χ4n) is 1.41. The number of alkyl halides is 2. The van der Waals surface area contributed by atoms with Crippen molar-refractivity contribution in [1.29, 1.82) is 0 Å². The highest BCUT2D eigenvalue weighted by Gasteiger charge is 2.08. The molecule has 0 atom stereocenters. The largest absolute Gasteiger partial charge is 0.385 e. The molecule has 0 radical (unpaired) electrons. The van der Waals surface area contributed by atoms with Gasteiger partial charge in [0.15, 0.2) is 0 Å². The van der Waals surface area contributed by atoms with E-state index in [1.807, 2.05) is 12.1 Å². The van der Waals surface area contributed by atoms with Crippen LogP contribution in [0, 0.1) is 0 Å². The van der Waals surface area contributed by atoms with E-state index in [9.17, 15) is 8.78 Å². The van der Waals surface area contributed by atoms with Gasteiger partial charge >= 0.3 is 0 Å². The number of rotatable bonds is 8. The van der Waals surface area contributed by atoms with Gasteiger partial charge in [0.25, 0.3) is 5.76 Å². The van der Waals surface area contributed by atoms with E-state index in [1.54, 1.807) is 19.2 Å². The van der Waals surface area contributed by atoms with Gasteiger partial charge in [-0.05, 0) is 25.0 Å². The zero-order valence-electron chi connectivity index (χ0n) is 9.79. The summed E-state index contributed by atoms with van der Waals surface area (Å²) in [5, 5.41) is 3.17. The predicted octanol–water partition coefficient (Wildman–Crippen LogP) is 3.84. The number of ether oxygens (including phenoxy) is 1. The van der Waals surface area contributed by atoms with Crippen molar-refractivity contribution < 1.29 is 13.5 Å². The van der Waals surface area contributed by atoms with Gasteiger partial charge in [-0.25, -0.2) is 0 Å². The number of thioether (sulfide) groups is 1. The lowest BCUT2D eigenvalue weighted by molar-refractivity contribution is 0.194. The Kier molecular flexibility index (Phi) is 6.96. The minimum atomic E-state index is -2.38. The smallest absolute Gasteiger partial charge is 0.288 e. The minimum Gasteiger partial charge on any atom is -0.385 e. The fraction of sp³-hybridized carbons (Fsp3) is 0.500. The van der Waals surface area contributed by atoms with Crippen LogP contribution in [-0.2, 0) is 4.74 Å². The minimum absolute atomic E-state index is 0.573. The first kappa shape index (κ1) is 14.3. The number of para-hydroxylation sites is 1. The van der Waals surface area contributed by atoms with Crippen LogP contribution in [0.15, 0.2) is 29.2 Å². The molecule has 0 aliphatic heterocycles. The zero-order valence-corrected chi connectivity index (χ0v) is 10.6. The molecule has 1 N–H and O–H groups in total. The molecule has 1 aromatic rings. The molecule has 17 heavy (non-hydrogen) atoms. The van der Waals surface area contributed by atoms with Crippen LogP contribution in [0.1, 0.15) is 12.8 Å². The summed E-state index contributed by atoms with van der Waals surface area (Å²) in [5.41, 5.74) is 0.773. The van der Waals surface area contributed by atoms with Gasteiger partial charge in [0.2, 0.25) is 0 Å². The fourth-order valence-corrected chi connectivity index (χ4v) is 2.02. The standard InChI is InChI=1S/C12H17F2NOS/c1-16-9-5-4-8-15-10-6-2-3-7-11(10)17-12(13)14/h2-3,6-7,12,15H,4-5,8-9H2,1H3. The molecule has 2 nitrogen and oxygen atoms in total. The lowest BCUT2D eigenvalue weighted by atomic mass is 10.3. The quantitative estimate of drug-likeness (QED) is 0.567. The maximum absolute atomic E-state index is 12.3. The summed E-state index contributed by atoms with van der Waals surface area (Å²) >= 11 is 0.573. The molecule has 0 aliphatic carbocycles. The van der Waals surface area contributed by atoms with Crippen molar-refractivity contribution in [2.24, 2.45) is 0 Å². The number of hydrogen-bond acceptors (Lipinski definition) is 3. The van der Waals surface area contributed by atoms with Gasteiger partial charge in [-0.2, -0.15) is 8.78 Å². The second-order valence-electron chi connectivity index (χ2n) is 3.50. The van der Waals surface area contributed by atoms with Gasteiger partial charge < -0.3 is 10.1 Å². The monoisotopic (exact) mass is 261 g/mol. The highest BCUT2D eigenvalue weighted by Crippen LogP contribution is 2.31. The van der Waals surface area contributed by atoms with Gasteiger partial charge in [-0.15, -0.1) is 0 Å². The predicted molar refractivity (Wildman–Crippen MR) is 67.9 cm³/mol. The Morgan fingerprint density at radius 3 is 2.76 bits per heavy atom. The number of nitrogens with one attached hydrogen (secondary N) is 1. The highest BCUT2D eigenvalue weighted by molar-refractivity contribution is 7.99. The van der Waals surface area contributed by atoms with E-state index in [1.165, 1.54) is 0 Å². The molecule has 0 fully saturated rings. The number of benzene rings is 1. The van der Waals surface area contributed by atoms with Crippen LogP contribution in [0.25, 0.3) is 0 Å². The Bertz CT molecular complexity index is 323. The highest BCUT2D eigenvalue weighted by atomic mass is 32.2. The maximum atomic E-state index is 12.3. The van der Waals surface area contributed by atoms with Crippen molar-refractivity contribution in [2.75, 3.05) is 25.6 Å². The van der Waals surface area contributed by atoms with Crippen molar-refractivity contribution in [3.63, 3.8) is 0 Å². The van der Waals surface area contributed by atoms with E-state index in [4.69, 9.17) is 4.74 Å². The van der Waals surface area contributed by atoms with Crippen LogP contribution >= 0.6 is 11.8 Å². The van der Waals surface area contributed by atoms with Crippen LogP contribution < -0.4 is 5.32 Å². The second kappa shape index (κ2) is 8.31. The first-order valence-corrected chi connectivity index (χ1v) is 6.38. The molecule has 0 saturated carbocycles. The first-order chi connectivity index (χ1) is 8.24. The number of halogens is 2. The third-order valence-electron chi connectivity index (χ3n) is 2.19. The lowest BCUT2D eigenvalue weighted by Gasteiger charge is -2.11. The van der Waals surface area contributed by atoms with Gasteiger partial charge in [0.1, 0.15) is 0 Å². The Morgan fingerprint density at radius 1 is 1.29 bits per heavy atom. The second-order valence-corrected chi connectivity index (χ2v) is 4.53. The molecule has 0 heterocycles. The number of hydrogen-bond donors (Lipinski definition) is 1. The van der Waals surface area contributed by atoms with Crippen LogP contribution in [0.5, 0.6) is 0 Å². The average Bonchev–Trinajstić information content (AvgIpc) is 2.30. The third kappa shape index (κ3) is 5.89. The first-order valence-electron chi connectivity index (χ1n) is 5.50. The molecule has 0 aliphatic rings. The third-order valence-corrected chi connectivity index (χ3v) is 2.98. The summed E-state index contributed by atoms with van der Waals surface area (Å²) in [7, 11) is 1.67. The van der Waals surface area contributed by atoms with E-state index < -0.39 is 5.76 Å². The van der Waals surface area contributed by atoms with E-state index in [-0.39, 0.29) is 0 Å². The molecular formula is C12H17F2NOS. The molecule has 0 bridgehead atoms. The zero-order chi connectivity index (χ0) is 12.5. The summed E-state index contributed by atoms with van der Waals surface area (Å²) < 4.78 is 29.6. The number of methoxy groups -OCH3 is 1. The van der Waals surface area contributed by atoms with E-state index in [2.05, 4.69) is 5.32 Å². The summed E-state index contributed by atoms with van der Waals surface area (Å²) in [5.74, 6) is -2.38. The van der Waals surface area contributed by atoms with Crippen molar-refractivity contribution in [3.05, 3.63) is 24.3 Å². The maximum Gasteiger partial charge on any atom is 0.288 e. The molecule has 0 unspecified atom stereocenters. The average molecular weight is 261 g/mol. The van der Waals surface area contributed by atoms with Gasteiger partial charge in [-0.1, -0.05) is 23.9 Å². The molecule has 96 valence electrons. The number of anilines is 1. The normalized spacial score (nSPS) is 10.8. The van der Waals surface area contributed by atoms with Gasteiger partial charge in [0.05, 0.1) is 0 Å². The molecule has 0 amide bonds. The van der Waals surface area contributed by atoms with Gasteiger partial charge in [0, 0.05) is 30.8 Å². The summed E-state index contributed by atoms with van der Waals surface area (Å²) in [4.78, 5) is 0.592. The van der Waals surface area contributed by atoms with Crippen LogP contribution in [0.4, 0.5) is 14.5 Å². The summed E-state index contributed by atoms with van der Waals surface area (Å²) in [6, 6.07) is 7.13. The molecule has 0 saturated heterocycles. The SMILES string of the molecule is COCCCCNc1ccccc1SC(F)F. The molecular weight excluding hydrogens is 244 g/mol. The summed E-state index contributed by atoms with van der Waals surface area (Å²) in [6.45, 7) is 1.50.